The Morgan fingerprint density at radius 3 is 2.20 bits per heavy atom. The van der Waals surface area contributed by atoms with Gasteiger partial charge in [0.25, 0.3) is 0 Å². The van der Waals surface area contributed by atoms with E-state index >= 15 is 0 Å². The number of hydrogen-bond donors (Lipinski definition) is 0. The first-order valence-corrected chi connectivity index (χ1v) is 20.7. The number of nitrogens with zero attached hydrogens (tertiary/aromatic N) is 4. The second kappa shape index (κ2) is 13.6. The number of aliphatic imine (C=N–C) groups is 1. The number of benzene rings is 6. The molecule has 5 nitrogen and oxygen atoms in total. The molecule has 6 heteroatoms. The first-order chi connectivity index (χ1) is 28.3. The second-order valence-corrected chi connectivity index (χ2v) is 18.3. The number of hydrogen-bond acceptors (Lipinski definition) is 4. The third-order valence-electron chi connectivity index (χ3n) is 12.8. The van der Waals surface area contributed by atoms with Crippen LogP contribution in [0.15, 0.2) is 126 Å². The fourth-order valence-electron chi connectivity index (χ4n) is 9.79. The van der Waals surface area contributed by atoms with Gasteiger partial charge in [-0.05, 0) is 87.8 Å². The van der Waals surface area contributed by atoms with Gasteiger partial charge in [0.2, 0.25) is 0 Å². The third-order valence-corrected chi connectivity index (χ3v) is 12.8. The molecule has 3 aliphatic rings. The maximum Gasteiger partial charge on any atom is 2.00 e. The fraction of sp³-hybridized carbons (Fsp3) is 0.222. The summed E-state index contributed by atoms with van der Waals surface area (Å²) in [7, 11) is 0. The standard InChI is InChI=1S/C54H46N4O.Pt/c1-31-17-19-38-40(25-31)41-26-32(2)18-20-39(41)51-50(38)56-52(59-51)34-23-33(3)24-36(27-34)57-46-16-12-10-14-43(46)54(7,8)44-29-42-37-13-9-11-15-45(37)58(47(42)30-48(44)57)49-28-35(21-22-55-49)53(4,5)6;/h9-26,28-29,50-51H,1-8H3;/q-2;+2/t50-,51+;/m1./s1. The minimum Gasteiger partial charge on any atom is -0.510 e. The Labute approximate surface area is 367 Å². The fourth-order valence-corrected chi connectivity index (χ4v) is 9.79. The van der Waals surface area contributed by atoms with Crippen molar-refractivity contribution in [3.05, 3.63) is 184 Å². The van der Waals surface area contributed by atoms with E-state index in [1.165, 1.54) is 55.5 Å². The Hall–Kier alpha value is -5.77. The molecule has 11 rings (SSSR count). The number of para-hydroxylation sites is 2. The van der Waals surface area contributed by atoms with Gasteiger partial charge in [0.05, 0.1) is 0 Å². The van der Waals surface area contributed by atoms with Gasteiger partial charge >= 0.3 is 21.1 Å². The van der Waals surface area contributed by atoms with E-state index in [0.717, 1.165) is 50.4 Å². The summed E-state index contributed by atoms with van der Waals surface area (Å²) in [5.41, 5.74) is 17.8. The molecule has 60 heavy (non-hydrogen) atoms. The van der Waals surface area contributed by atoms with E-state index in [-0.39, 0.29) is 44.0 Å². The summed E-state index contributed by atoms with van der Waals surface area (Å²) in [6.07, 6.45) is 1.73. The van der Waals surface area contributed by atoms with Crippen LogP contribution in [0.25, 0.3) is 38.8 Å². The Kier molecular flexibility index (Phi) is 8.73. The van der Waals surface area contributed by atoms with E-state index in [0.29, 0.717) is 5.90 Å². The largest absolute Gasteiger partial charge is 2.00 e. The zero-order chi connectivity index (χ0) is 40.5. The van der Waals surface area contributed by atoms with E-state index in [9.17, 15) is 0 Å². The molecule has 0 bridgehead atoms. The van der Waals surface area contributed by atoms with Crippen LogP contribution < -0.4 is 4.90 Å². The quantitative estimate of drug-likeness (QED) is 0.166. The molecular formula is C54H46N4OPt. The molecule has 0 saturated heterocycles. The maximum absolute atomic E-state index is 6.95. The van der Waals surface area contributed by atoms with Crippen molar-refractivity contribution in [1.29, 1.82) is 0 Å². The zero-order valence-corrected chi connectivity index (χ0v) is 37.5. The monoisotopic (exact) mass is 961 g/mol. The summed E-state index contributed by atoms with van der Waals surface area (Å²) in [5.74, 6) is 1.51. The van der Waals surface area contributed by atoms with Crippen molar-refractivity contribution >= 4 is 44.8 Å². The van der Waals surface area contributed by atoms with E-state index in [1.54, 1.807) is 0 Å². The van der Waals surface area contributed by atoms with Crippen LogP contribution in [0.3, 0.4) is 0 Å². The summed E-state index contributed by atoms with van der Waals surface area (Å²) in [4.78, 5) is 12.7. The van der Waals surface area contributed by atoms with E-state index in [4.69, 9.17) is 14.7 Å². The normalized spacial score (nSPS) is 17.2. The molecule has 0 saturated carbocycles. The second-order valence-electron chi connectivity index (χ2n) is 18.3. The third kappa shape index (κ3) is 5.76. The zero-order valence-electron chi connectivity index (χ0n) is 35.2. The van der Waals surface area contributed by atoms with Crippen molar-refractivity contribution < 1.29 is 25.8 Å². The Morgan fingerprint density at radius 1 is 0.700 bits per heavy atom. The Balaban J connectivity index is 0.00000433. The molecule has 0 spiro atoms. The van der Waals surface area contributed by atoms with Gasteiger partial charge in [-0.2, -0.15) is 6.07 Å². The minimum atomic E-state index is -0.306. The number of ether oxygens (including phenoxy) is 1. The molecule has 8 aromatic rings. The average molecular weight is 962 g/mol. The molecule has 0 amide bonds. The van der Waals surface area contributed by atoms with Gasteiger partial charge in [-0.3, -0.25) is 4.99 Å². The summed E-state index contributed by atoms with van der Waals surface area (Å²) < 4.78 is 9.24. The SMILES string of the molecule is Cc1cc(C2=N[C@@H]3c4ccc(C)cc4-c4cc(C)ccc4[C@@H]3O2)[c-]c(N2c3[c-]c4c(cc3C(C)(C)c3ccccc32)c2ccccc2n4-c2cc(C(C)(C)C)ccn2)c1.[Pt+2]. The summed E-state index contributed by atoms with van der Waals surface area (Å²) in [6.45, 7) is 17.9. The molecule has 1 aliphatic carbocycles. The molecule has 0 fully saturated rings. The summed E-state index contributed by atoms with van der Waals surface area (Å²) >= 11 is 0. The minimum absolute atomic E-state index is 0. The maximum atomic E-state index is 6.95. The Morgan fingerprint density at radius 2 is 1.42 bits per heavy atom. The smallest absolute Gasteiger partial charge is 0.510 e. The van der Waals surface area contributed by atoms with Crippen LogP contribution >= 0.6 is 0 Å². The predicted octanol–water partition coefficient (Wildman–Crippen LogP) is 13.3. The van der Waals surface area contributed by atoms with Crippen molar-refractivity contribution in [1.82, 2.24) is 9.55 Å². The first kappa shape index (κ1) is 38.4. The van der Waals surface area contributed by atoms with Crippen molar-refractivity contribution in [2.75, 3.05) is 4.90 Å². The first-order valence-electron chi connectivity index (χ1n) is 20.7. The number of anilines is 3. The van der Waals surface area contributed by atoms with Gasteiger partial charge in [-0.15, -0.1) is 40.8 Å². The Bertz CT molecular complexity index is 3110. The van der Waals surface area contributed by atoms with Crippen LogP contribution in [0.5, 0.6) is 0 Å². The van der Waals surface area contributed by atoms with Gasteiger partial charge in [0, 0.05) is 23.0 Å². The number of pyridine rings is 1. The van der Waals surface area contributed by atoms with Gasteiger partial charge in [-0.25, -0.2) is 4.98 Å². The van der Waals surface area contributed by atoms with Crippen LogP contribution in [0.2, 0.25) is 0 Å². The van der Waals surface area contributed by atoms with Gasteiger partial charge in [0.1, 0.15) is 23.9 Å². The van der Waals surface area contributed by atoms with E-state index < -0.39 is 0 Å². The van der Waals surface area contributed by atoms with E-state index in [2.05, 4.69) is 192 Å². The number of aryl methyl sites for hydroxylation is 3. The molecular weight excluding hydrogens is 916 g/mol. The summed E-state index contributed by atoms with van der Waals surface area (Å²) in [5, 5.41) is 2.34. The molecule has 6 aromatic carbocycles. The molecule has 2 aliphatic heterocycles. The van der Waals surface area contributed by atoms with Crippen molar-refractivity contribution in [3.8, 4) is 16.9 Å². The molecule has 0 N–H and O–H groups in total. The molecule has 4 heterocycles. The van der Waals surface area contributed by atoms with Crippen LogP contribution in [-0.2, 0) is 36.6 Å². The van der Waals surface area contributed by atoms with Crippen molar-refractivity contribution in [2.45, 2.75) is 78.4 Å². The van der Waals surface area contributed by atoms with Gasteiger partial charge in [-0.1, -0.05) is 142 Å². The van der Waals surface area contributed by atoms with Gasteiger partial charge in [0.15, 0.2) is 0 Å². The number of rotatable bonds is 3. The topological polar surface area (TPSA) is 42.6 Å². The number of fused-ring (bicyclic) bond motifs is 11. The molecule has 298 valence electrons. The van der Waals surface area contributed by atoms with Crippen LogP contribution in [-0.4, -0.2) is 15.4 Å². The molecule has 0 unspecified atom stereocenters. The summed E-state index contributed by atoms with van der Waals surface area (Å²) in [6, 6.07) is 49.8. The average Bonchev–Trinajstić information content (AvgIpc) is 3.80. The molecule has 2 aromatic heterocycles. The van der Waals surface area contributed by atoms with Crippen molar-refractivity contribution in [2.24, 2.45) is 4.99 Å². The van der Waals surface area contributed by atoms with Gasteiger partial charge < -0.3 is 14.2 Å². The van der Waals surface area contributed by atoms with Crippen LogP contribution in [0, 0.1) is 32.9 Å². The molecule has 0 radical (unpaired) electrons. The molecule has 2 atom stereocenters. The van der Waals surface area contributed by atoms with E-state index in [1.807, 2.05) is 6.20 Å². The predicted molar refractivity (Wildman–Crippen MR) is 241 cm³/mol. The number of aromatic nitrogens is 2. The van der Waals surface area contributed by atoms with Crippen LogP contribution in [0.1, 0.15) is 96.8 Å². The van der Waals surface area contributed by atoms with Crippen molar-refractivity contribution in [3.63, 3.8) is 0 Å². The van der Waals surface area contributed by atoms with Crippen LogP contribution in [0.4, 0.5) is 17.1 Å².